The summed E-state index contributed by atoms with van der Waals surface area (Å²) in [6.45, 7) is 16.0. The maximum Gasteiger partial charge on any atom is 0.227 e. The van der Waals surface area contributed by atoms with Crippen LogP contribution in [0.5, 0.6) is 0 Å². The lowest BCUT2D eigenvalue weighted by Crippen LogP contribution is -2.41. The summed E-state index contributed by atoms with van der Waals surface area (Å²) in [4.78, 5) is 33.3. The standard InChI is InChI=1S/C29H44ClN5O2/c1-20(2)17-29(37)35-14-8-13-33(21(3)4)15-16-34(19-24-9-10-25(30)18-27(24)35)28(36)12-11-26-22(5)31-32(7)23(26)6/h9-10,18,20-21H,8,11-17,19H2,1-7H3. The van der Waals surface area contributed by atoms with Gasteiger partial charge in [0.1, 0.15) is 0 Å². The van der Waals surface area contributed by atoms with Crippen LogP contribution in [0.25, 0.3) is 0 Å². The van der Waals surface area contributed by atoms with Gasteiger partial charge in [-0.15, -0.1) is 0 Å². The Kier molecular flexibility index (Phi) is 10.2. The third kappa shape index (κ3) is 7.57. The van der Waals surface area contributed by atoms with Gasteiger partial charge in [-0.05, 0) is 69.7 Å². The smallest absolute Gasteiger partial charge is 0.227 e. The summed E-state index contributed by atoms with van der Waals surface area (Å²) in [5.41, 5.74) is 5.02. The van der Waals surface area contributed by atoms with Crippen LogP contribution < -0.4 is 4.90 Å². The molecule has 1 aromatic heterocycles. The van der Waals surface area contributed by atoms with Gasteiger partial charge in [0.2, 0.25) is 11.8 Å². The van der Waals surface area contributed by atoms with E-state index in [9.17, 15) is 9.59 Å². The second-order valence-corrected chi connectivity index (χ2v) is 11.4. The Bertz CT molecular complexity index is 1090. The fourth-order valence-corrected chi connectivity index (χ4v) is 5.30. The van der Waals surface area contributed by atoms with E-state index in [1.807, 2.05) is 46.7 Å². The van der Waals surface area contributed by atoms with Gasteiger partial charge in [-0.1, -0.05) is 31.5 Å². The molecular formula is C29H44ClN5O2. The van der Waals surface area contributed by atoms with Gasteiger partial charge in [0.25, 0.3) is 0 Å². The van der Waals surface area contributed by atoms with Gasteiger partial charge in [0.05, 0.1) is 11.4 Å². The lowest BCUT2D eigenvalue weighted by Gasteiger charge is -2.30. The molecule has 0 fully saturated rings. The summed E-state index contributed by atoms with van der Waals surface area (Å²) in [7, 11) is 1.94. The van der Waals surface area contributed by atoms with Crippen molar-refractivity contribution in [2.75, 3.05) is 31.1 Å². The number of aryl methyl sites for hydroxylation is 2. The number of halogens is 1. The first-order valence-electron chi connectivity index (χ1n) is 13.6. The van der Waals surface area contributed by atoms with E-state index in [-0.39, 0.29) is 17.7 Å². The molecule has 0 saturated carbocycles. The maximum atomic E-state index is 13.6. The summed E-state index contributed by atoms with van der Waals surface area (Å²) in [6, 6.07) is 6.07. The van der Waals surface area contributed by atoms with Gasteiger partial charge in [0, 0.05) is 69.4 Å². The van der Waals surface area contributed by atoms with Crippen molar-refractivity contribution in [2.24, 2.45) is 13.0 Å². The minimum atomic E-state index is 0.106. The molecule has 204 valence electrons. The first-order valence-corrected chi connectivity index (χ1v) is 13.9. The Morgan fingerprint density at radius 1 is 1.03 bits per heavy atom. The molecule has 0 radical (unpaired) electrons. The number of fused-ring (bicyclic) bond motifs is 1. The maximum absolute atomic E-state index is 13.6. The number of rotatable bonds is 6. The largest absolute Gasteiger partial charge is 0.337 e. The number of anilines is 1. The molecule has 2 heterocycles. The van der Waals surface area contributed by atoms with Gasteiger partial charge in [-0.2, -0.15) is 5.10 Å². The lowest BCUT2D eigenvalue weighted by atomic mass is 10.1. The van der Waals surface area contributed by atoms with E-state index in [0.29, 0.717) is 50.0 Å². The Hall–Kier alpha value is -2.38. The number of hydrogen-bond acceptors (Lipinski definition) is 4. The molecule has 1 aromatic carbocycles. The molecule has 0 spiro atoms. The molecule has 0 saturated heterocycles. The van der Waals surface area contributed by atoms with E-state index in [1.54, 1.807) is 0 Å². The lowest BCUT2D eigenvalue weighted by molar-refractivity contribution is -0.132. The average Bonchev–Trinajstić information content (AvgIpc) is 3.04. The van der Waals surface area contributed by atoms with E-state index in [1.165, 1.54) is 0 Å². The molecule has 0 N–H and O–H groups in total. The van der Waals surface area contributed by atoms with Crippen molar-refractivity contribution in [2.45, 2.75) is 79.8 Å². The summed E-state index contributed by atoms with van der Waals surface area (Å²) in [5.74, 6) is 0.485. The summed E-state index contributed by atoms with van der Waals surface area (Å²) >= 11 is 6.43. The van der Waals surface area contributed by atoms with Gasteiger partial charge in [0.15, 0.2) is 0 Å². The zero-order valence-electron chi connectivity index (χ0n) is 23.7. The molecule has 1 aliphatic rings. The molecule has 3 rings (SSSR count). The number of nitrogens with zero attached hydrogens (tertiary/aromatic N) is 5. The first kappa shape index (κ1) is 29.2. The molecular weight excluding hydrogens is 486 g/mol. The highest BCUT2D eigenvalue weighted by atomic mass is 35.5. The monoisotopic (exact) mass is 529 g/mol. The summed E-state index contributed by atoms with van der Waals surface area (Å²) in [6.07, 6.45) is 2.43. The van der Waals surface area contributed by atoms with Crippen molar-refractivity contribution in [1.29, 1.82) is 0 Å². The second-order valence-electron chi connectivity index (χ2n) is 11.0. The molecule has 2 amide bonds. The molecule has 0 atom stereocenters. The summed E-state index contributed by atoms with van der Waals surface area (Å²) in [5, 5.41) is 5.11. The SMILES string of the molecule is Cc1nn(C)c(C)c1CCC(=O)N1CCN(C(C)C)CCCN(C(=O)CC(C)C)c2cc(Cl)ccc2C1. The Balaban J connectivity index is 1.93. The average molecular weight is 530 g/mol. The van der Waals surface area contributed by atoms with Gasteiger partial charge < -0.3 is 9.80 Å². The van der Waals surface area contributed by atoms with Crippen molar-refractivity contribution in [3.8, 4) is 0 Å². The van der Waals surface area contributed by atoms with Crippen molar-refractivity contribution >= 4 is 29.1 Å². The minimum absolute atomic E-state index is 0.106. The molecule has 1 aliphatic heterocycles. The number of amides is 2. The molecule has 37 heavy (non-hydrogen) atoms. The van der Waals surface area contributed by atoms with E-state index in [0.717, 1.165) is 47.7 Å². The van der Waals surface area contributed by atoms with Crippen LogP contribution in [0.4, 0.5) is 5.69 Å². The van der Waals surface area contributed by atoms with Gasteiger partial charge in [-0.3, -0.25) is 19.2 Å². The minimum Gasteiger partial charge on any atom is -0.337 e. The Morgan fingerprint density at radius 3 is 2.38 bits per heavy atom. The normalized spacial score (nSPS) is 15.7. The second kappa shape index (κ2) is 12.9. The van der Waals surface area contributed by atoms with Crippen LogP contribution in [0.1, 0.15) is 69.5 Å². The highest BCUT2D eigenvalue weighted by Gasteiger charge is 2.25. The van der Waals surface area contributed by atoms with Crippen LogP contribution in [0.15, 0.2) is 18.2 Å². The number of aromatic nitrogens is 2. The van der Waals surface area contributed by atoms with Gasteiger partial charge >= 0.3 is 0 Å². The van der Waals surface area contributed by atoms with Crippen LogP contribution in [0, 0.1) is 19.8 Å². The highest BCUT2D eigenvalue weighted by Crippen LogP contribution is 2.29. The number of hydrogen-bond donors (Lipinski definition) is 0. The number of carbonyl (C=O) groups excluding carboxylic acids is 2. The van der Waals surface area contributed by atoms with Crippen molar-refractivity contribution < 1.29 is 9.59 Å². The molecule has 0 aliphatic carbocycles. The van der Waals surface area contributed by atoms with E-state index in [4.69, 9.17) is 11.6 Å². The zero-order valence-corrected chi connectivity index (χ0v) is 24.4. The van der Waals surface area contributed by atoms with Crippen LogP contribution in [0.2, 0.25) is 5.02 Å². The zero-order chi connectivity index (χ0) is 27.3. The fourth-order valence-electron chi connectivity index (χ4n) is 5.14. The van der Waals surface area contributed by atoms with E-state index < -0.39 is 0 Å². The van der Waals surface area contributed by atoms with Crippen molar-refractivity contribution in [3.63, 3.8) is 0 Å². The Labute approximate surface area is 227 Å². The highest BCUT2D eigenvalue weighted by molar-refractivity contribution is 6.31. The van der Waals surface area contributed by atoms with Crippen LogP contribution in [-0.2, 0) is 29.6 Å². The van der Waals surface area contributed by atoms with E-state index >= 15 is 0 Å². The predicted molar refractivity (Wildman–Crippen MR) is 151 cm³/mol. The topological polar surface area (TPSA) is 61.7 Å². The summed E-state index contributed by atoms with van der Waals surface area (Å²) < 4.78 is 1.88. The third-order valence-corrected chi connectivity index (χ3v) is 7.63. The van der Waals surface area contributed by atoms with Gasteiger partial charge in [-0.25, -0.2) is 0 Å². The third-order valence-electron chi connectivity index (χ3n) is 7.40. The molecule has 8 heteroatoms. The quantitative estimate of drug-likeness (QED) is 0.519. The Morgan fingerprint density at radius 2 is 1.76 bits per heavy atom. The molecule has 7 nitrogen and oxygen atoms in total. The first-order chi connectivity index (χ1) is 17.5. The number of carbonyl (C=O) groups is 2. The molecule has 0 unspecified atom stereocenters. The number of benzene rings is 1. The predicted octanol–water partition coefficient (Wildman–Crippen LogP) is 5.14. The van der Waals surface area contributed by atoms with Crippen LogP contribution >= 0.6 is 11.6 Å². The van der Waals surface area contributed by atoms with E-state index in [2.05, 4.69) is 44.6 Å². The molecule has 2 aromatic rings. The fraction of sp³-hybridized carbons (Fsp3) is 0.621. The van der Waals surface area contributed by atoms with Crippen LogP contribution in [0.3, 0.4) is 0 Å². The molecule has 0 bridgehead atoms. The van der Waals surface area contributed by atoms with Crippen molar-refractivity contribution in [1.82, 2.24) is 19.6 Å². The van der Waals surface area contributed by atoms with Crippen LogP contribution in [-0.4, -0.2) is 63.6 Å². The van der Waals surface area contributed by atoms with Crippen molar-refractivity contribution in [3.05, 3.63) is 45.7 Å².